The number of hydrogen-bond donors (Lipinski definition) is 1. The Balaban J connectivity index is 1.63. The molecular formula is C25H23NO4. The summed E-state index contributed by atoms with van der Waals surface area (Å²) in [5, 5.41) is 2.66. The zero-order chi connectivity index (χ0) is 21.5. The fourth-order valence-corrected chi connectivity index (χ4v) is 2.94. The molecule has 1 amide bonds. The van der Waals surface area contributed by atoms with Gasteiger partial charge < -0.3 is 10.1 Å². The van der Waals surface area contributed by atoms with Gasteiger partial charge in [-0.3, -0.25) is 9.59 Å². The molecule has 5 heteroatoms. The highest BCUT2D eigenvalue weighted by Gasteiger charge is 2.16. The predicted molar refractivity (Wildman–Crippen MR) is 116 cm³/mol. The lowest BCUT2D eigenvalue weighted by atomic mass is 10.0. The molecule has 1 N–H and O–H groups in total. The molecule has 3 aromatic carbocycles. The van der Waals surface area contributed by atoms with Crippen molar-refractivity contribution in [1.82, 2.24) is 0 Å². The Hall–Kier alpha value is -3.73. The number of rotatable bonds is 7. The normalized spacial score (nSPS) is 10.5. The Morgan fingerprint density at radius 3 is 2.10 bits per heavy atom. The number of ether oxygens (including phenoxy) is 1. The Bertz CT molecular complexity index is 1040. The highest BCUT2D eigenvalue weighted by Crippen LogP contribution is 2.19. The van der Waals surface area contributed by atoms with Gasteiger partial charge in [0.1, 0.15) is 0 Å². The SMILES string of the molecule is CC(C)c1ccc(C(=O)OCC(=O)Nc2ccccc2C(=O)c2ccccc2)cc1. The van der Waals surface area contributed by atoms with Gasteiger partial charge in [-0.1, -0.05) is 68.4 Å². The Morgan fingerprint density at radius 2 is 1.43 bits per heavy atom. The van der Waals surface area contributed by atoms with Gasteiger partial charge in [-0.15, -0.1) is 0 Å². The van der Waals surface area contributed by atoms with E-state index >= 15 is 0 Å². The van der Waals surface area contributed by atoms with E-state index in [1.807, 2.05) is 18.2 Å². The van der Waals surface area contributed by atoms with E-state index in [0.717, 1.165) is 5.56 Å². The van der Waals surface area contributed by atoms with E-state index in [4.69, 9.17) is 4.74 Å². The molecule has 0 saturated heterocycles. The van der Waals surface area contributed by atoms with Gasteiger partial charge in [0.25, 0.3) is 5.91 Å². The third kappa shape index (κ3) is 5.20. The topological polar surface area (TPSA) is 72.5 Å². The molecule has 3 aromatic rings. The number of benzene rings is 3. The van der Waals surface area contributed by atoms with Gasteiger partial charge in [0.2, 0.25) is 0 Å². The molecule has 0 aliphatic heterocycles. The number of carbonyl (C=O) groups excluding carboxylic acids is 3. The minimum atomic E-state index is -0.575. The average molecular weight is 401 g/mol. The first-order chi connectivity index (χ1) is 14.5. The summed E-state index contributed by atoms with van der Waals surface area (Å²) in [6.07, 6.45) is 0. The Labute approximate surface area is 175 Å². The number of anilines is 1. The monoisotopic (exact) mass is 401 g/mol. The largest absolute Gasteiger partial charge is 0.452 e. The van der Waals surface area contributed by atoms with Crippen LogP contribution in [0.2, 0.25) is 0 Å². The number of nitrogens with one attached hydrogen (secondary N) is 1. The smallest absolute Gasteiger partial charge is 0.338 e. The second-order valence-electron chi connectivity index (χ2n) is 7.14. The zero-order valence-electron chi connectivity index (χ0n) is 16.9. The fourth-order valence-electron chi connectivity index (χ4n) is 2.94. The van der Waals surface area contributed by atoms with Gasteiger partial charge in [-0.2, -0.15) is 0 Å². The highest BCUT2D eigenvalue weighted by atomic mass is 16.5. The van der Waals surface area contributed by atoms with Gasteiger partial charge in [0.05, 0.1) is 11.3 Å². The zero-order valence-corrected chi connectivity index (χ0v) is 16.9. The first kappa shape index (κ1) is 21.0. The molecule has 0 radical (unpaired) electrons. The molecule has 3 rings (SSSR count). The van der Waals surface area contributed by atoms with E-state index in [1.54, 1.807) is 60.7 Å². The van der Waals surface area contributed by atoms with E-state index in [9.17, 15) is 14.4 Å². The molecule has 0 atom stereocenters. The quantitative estimate of drug-likeness (QED) is 0.454. The maximum atomic E-state index is 12.7. The van der Waals surface area contributed by atoms with Crippen molar-refractivity contribution in [3.05, 3.63) is 101 Å². The van der Waals surface area contributed by atoms with E-state index in [-0.39, 0.29) is 5.78 Å². The molecule has 5 nitrogen and oxygen atoms in total. The molecule has 0 aromatic heterocycles. The molecule has 30 heavy (non-hydrogen) atoms. The van der Waals surface area contributed by atoms with Crippen LogP contribution in [-0.4, -0.2) is 24.3 Å². The van der Waals surface area contributed by atoms with Crippen LogP contribution >= 0.6 is 0 Å². The first-order valence-electron chi connectivity index (χ1n) is 9.71. The third-order valence-electron chi connectivity index (χ3n) is 4.63. The predicted octanol–water partition coefficient (Wildman–Crippen LogP) is 4.84. The molecular weight excluding hydrogens is 378 g/mol. The van der Waals surface area contributed by atoms with Crippen LogP contribution in [0, 0.1) is 0 Å². The van der Waals surface area contributed by atoms with Crippen LogP contribution in [0.1, 0.15) is 51.6 Å². The second kappa shape index (κ2) is 9.65. The number of ketones is 1. The van der Waals surface area contributed by atoms with Crippen LogP contribution < -0.4 is 5.32 Å². The lowest BCUT2D eigenvalue weighted by molar-refractivity contribution is -0.119. The third-order valence-corrected chi connectivity index (χ3v) is 4.63. The van der Waals surface area contributed by atoms with Gasteiger partial charge in [0.15, 0.2) is 12.4 Å². The van der Waals surface area contributed by atoms with E-state index in [1.165, 1.54) is 0 Å². The van der Waals surface area contributed by atoms with Crippen molar-refractivity contribution in [1.29, 1.82) is 0 Å². The maximum absolute atomic E-state index is 12.7. The van der Waals surface area contributed by atoms with Crippen LogP contribution in [-0.2, 0) is 9.53 Å². The van der Waals surface area contributed by atoms with Crippen LogP contribution in [0.3, 0.4) is 0 Å². The van der Waals surface area contributed by atoms with Crippen molar-refractivity contribution in [2.45, 2.75) is 19.8 Å². The Morgan fingerprint density at radius 1 is 0.800 bits per heavy atom. The number of para-hydroxylation sites is 1. The molecule has 152 valence electrons. The van der Waals surface area contributed by atoms with Crippen LogP contribution in [0.5, 0.6) is 0 Å². The van der Waals surface area contributed by atoms with Crippen molar-refractivity contribution in [2.24, 2.45) is 0 Å². The van der Waals surface area contributed by atoms with Crippen molar-refractivity contribution >= 4 is 23.3 Å². The van der Waals surface area contributed by atoms with Crippen molar-refractivity contribution in [3.8, 4) is 0 Å². The minimum Gasteiger partial charge on any atom is -0.452 e. The van der Waals surface area contributed by atoms with Gasteiger partial charge in [-0.05, 0) is 35.7 Å². The number of hydrogen-bond acceptors (Lipinski definition) is 4. The van der Waals surface area contributed by atoms with E-state index in [0.29, 0.717) is 28.3 Å². The maximum Gasteiger partial charge on any atom is 0.338 e. The number of carbonyl (C=O) groups is 3. The van der Waals surface area contributed by atoms with Crippen molar-refractivity contribution < 1.29 is 19.1 Å². The summed E-state index contributed by atoms with van der Waals surface area (Å²) >= 11 is 0. The van der Waals surface area contributed by atoms with Gasteiger partial charge in [0, 0.05) is 11.1 Å². The lowest BCUT2D eigenvalue weighted by Crippen LogP contribution is -2.22. The molecule has 0 unspecified atom stereocenters. The molecule has 0 saturated carbocycles. The summed E-state index contributed by atoms with van der Waals surface area (Å²) in [4.78, 5) is 37.2. The second-order valence-corrected chi connectivity index (χ2v) is 7.14. The van der Waals surface area contributed by atoms with Crippen molar-refractivity contribution in [2.75, 3.05) is 11.9 Å². The highest BCUT2D eigenvalue weighted by molar-refractivity contribution is 6.13. The molecule has 0 aliphatic carbocycles. The molecule has 0 fully saturated rings. The van der Waals surface area contributed by atoms with Crippen LogP contribution in [0.15, 0.2) is 78.9 Å². The van der Waals surface area contributed by atoms with Crippen LogP contribution in [0.25, 0.3) is 0 Å². The summed E-state index contributed by atoms with van der Waals surface area (Å²) in [5.74, 6) is -0.933. The Kier molecular flexibility index (Phi) is 6.75. The number of esters is 1. The summed E-state index contributed by atoms with van der Waals surface area (Å²) in [7, 11) is 0. The summed E-state index contributed by atoms with van der Waals surface area (Å²) < 4.78 is 5.11. The number of amides is 1. The average Bonchev–Trinajstić information content (AvgIpc) is 2.78. The molecule has 0 bridgehead atoms. The minimum absolute atomic E-state index is 0.200. The molecule has 0 aliphatic rings. The van der Waals surface area contributed by atoms with E-state index < -0.39 is 18.5 Å². The van der Waals surface area contributed by atoms with Crippen LogP contribution in [0.4, 0.5) is 5.69 Å². The fraction of sp³-hybridized carbons (Fsp3) is 0.160. The lowest BCUT2D eigenvalue weighted by Gasteiger charge is -2.11. The van der Waals surface area contributed by atoms with Gasteiger partial charge in [-0.25, -0.2) is 4.79 Å². The first-order valence-corrected chi connectivity index (χ1v) is 9.71. The molecule has 0 spiro atoms. The van der Waals surface area contributed by atoms with E-state index in [2.05, 4.69) is 19.2 Å². The summed E-state index contributed by atoms with van der Waals surface area (Å²) in [6, 6.07) is 22.7. The standard InChI is InChI=1S/C25H23NO4/c1-17(2)18-12-14-20(15-13-18)25(29)30-16-23(27)26-22-11-7-6-10-21(22)24(28)19-8-4-3-5-9-19/h3-15,17H,16H2,1-2H3,(H,26,27). The van der Waals surface area contributed by atoms with Gasteiger partial charge >= 0.3 is 5.97 Å². The molecule has 0 heterocycles. The summed E-state index contributed by atoms with van der Waals surface area (Å²) in [5.41, 5.74) is 2.76. The van der Waals surface area contributed by atoms with Crippen molar-refractivity contribution in [3.63, 3.8) is 0 Å². The summed E-state index contributed by atoms with van der Waals surface area (Å²) in [6.45, 7) is 3.69.